The van der Waals surface area contributed by atoms with E-state index in [9.17, 15) is 4.39 Å². The van der Waals surface area contributed by atoms with Crippen molar-refractivity contribution in [2.45, 2.75) is 6.42 Å². The van der Waals surface area contributed by atoms with E-state index in [1.165, 1.54) is 6.20 Å². The molecule has 0 aliphatic carbocycles. The first kappa shape index (κ1) is 8.94. The van der Waals surface area contributed by atoms with Gasteiger partial charge >= 0.3 is 0 Å². The molecule has 4 heteroatoms. The van der Waals surface area contributed by atoms with Gasteiger partial charge in [0.25, 0.3) is 0 Å². The minimum absolute atomic E-state index is 0.0524. The summed E-state index contributed by atoms with van der Waals surface area (Å²) >= 11 is 8.66. The number of halogens is 3. The summed E-state index contributed by atoms with van der Waals surface area (Å²) in [6, 6.07) is 1.63. The standard InChI is InChI=1S/C7H6BrClFN/c8-3-1-5-2-4-11-7(9)6(5)10/h2,4H,1,3H2. The Balaban J connectivity index is 2.96. The van der Waals surface area contributed by atoms with Crippen LogP contribution < -0.4 is 0 Å². The van der Waals surface area contributed by atoms with Crippen molar-refractivity contribution in [3.8, 4) is 0 Å². The van der Waals surface area contributed by atoms with Crippen LogP contribution in [-0.4, -0.2) is 10.3 Å². The van der Waals surface area contributed by atoms with E-state index in [4.69, 9.17) is 11.6 Å². The third kappa shape index (κ3) is 2.14. The fraction of sp³-hybridized carbons (Fsp3) is 0.286. The van der Waals surface area contributed by atoms with E-state index < -0.39 is 5.82 Å². The molecule has 0 N–H and O–H groups in total. The molecule has 0 bridgehead atoms. The maximum absolute atomic E-state index is 13.0. The van der Waals surface area contributed by atoms with Gasteiger partial charge in [0.05, 0.1) is 0 Å². The van der Waals surface area contributed by atoms with E-state index in [0.717, 1.165) is 5.33 Å². The average Bonchev–Trinajstić information content (AvgIpc) is 1.99. The largest absolute Gasteiger partial charge is 0.242 e. The Bertz CT molecular complexity index is 254. The lowest BCUT2D eigenvalue weighted by Crippen LogP contribution is -1.93. The highest BCUT2D eigenvalue weighted by molar-refractivity contribution is 9.09. The van der Waals surface area contributed by atoms with E-state index >= 15 is 0 Å². The number of nitrogens with zero attached hydrogens (tertiary/aromatic N) is 1. The van der Waals surface area contributed by atoms with Crippen molar-refractivity contribution in [3.63, 3.8) is 0 Å². The molecule has 1 aromatic rings. The van der Waals surface area contributed by atoms with Crippen molar-refractivity contribution in [2.24, 2.45) is 0 Å². The van der Waals surface area contributed by atoms with Crippen LogP contribution in [0.15, 0.2) is 12.3 Å². The Morgan fingerprint density at radius 2 is 2.36 bits per heavy atom. The molecule has 60 valence electrons. The molecule has 0 fully saturated rings. The highest BCUT2D eigenvalue weighted by Gasteiger charge is 2.05. The van der Waals surface area contributed by atoms with Gasteiger partial charge in [-0.25, -0.2) is 9.37 Å². The van der Waals surface area contributed by atoms with Crippen LogP contribution >= 0.6 is 27.5 Å². The fourth-order valence-electron chi connectivity index (χ4n) is 0.750. The van der Waals surface area contributed by atoms with Gasteiger partial charge < -0.3 is 0 Å². The van der Waals surface area contributed by atoms with E-state index in [1.807, 2.05) is 0 Å². The van der Waals surface area contributed by atoms with Crippen LogP contribution in [0.4, 0.5) is 4.39 Å². The molecule has 0 saturated heterocycles. The van der Waals surface area contributed by atoms with Gasteiger partial charge in [-0.15, -0.1) is 0 Å². The second kappa shape index (κ2) is 4.02. The quantitative estimate of drug-likeness (QED) is 0.570. The summed E-state index contributed by atoms with van der Waals surface area (Å²) in [5.74, 6) is -0.409. The number of hydrogen-bond acceptors (Lipinski definition) is 1. The number of rotatable bonds is 2. The topological polar surface area (TPSA) is 12.9 Å². The van der Waals surface area contributed by atoms with Crippen LogP contribution in [0.5, 0.6) is 0 Å². The van der Waals surface area contributed by atoms with Crippen LogP contribution in [-0.2, 0) is 6.42 Å². The van der Waals surface area contributed by atoms with Gasteiger partial charge in [-0.1, -0.05) is 27.5 Å². The molecule has 1 rings (SSSR count). The number of hydrogen-bond donors (Lipinski definition) is 0. The maximum Gasteiger partial charge on any atom is 0.164 e. The molecule has 11 heavy (non-hydrogen) atoms. The first-order chi connectivity index (χ1) is 5.25. The zero-order valence-electron chi connectivity index (χ0n) is 5.65. The monoisotopic (exact) mass is 237 g/mol. The molecule has 1 aromatic heterocycles. The van der Waals surface area contributed by atoms with Crippen molar-refractivity contribution in [3.05, 3.63) is 28.8 Å². The Morgan fingerprint density at radius 1 is 1.64 bits per heavy atom. The van der Waals surface area contributed by atoms with Gasteiger partial charge in [0.15, 0.2) is 11.0 Å². The Kier molecular flexibility index (Phi) is 3.27. The van der Waals surface area contributed by atoms with Gasteiger partial charge in [-0.2, -0.15) is 0 Å². The lowest BCUT2D eigenvalue weighted by atomic mass is 10.2. The lowest BCUT2D eigenvalue weighted by molar-refractivity contribution is 0.607. The normalized spacial score (nSPS) is 10.1. The zero-order chi connectivity index (χ0) is 8.27. The predicted molar refractivity (Wildman–Crippen MR) is 46.7 cm³/mol. The average molecular weight is 238 g/mol. The van der Waals surface area contributed by atoms with Crippen LogP contribution in [0.2, 0.25) is 5.15 Å². The van der Waals surface area contributed by atoms with E-state index in [1.54, 1.807) is 6.07 Å². The fourth-order valence-corrected chi connectivity index (χ4v) is 1.35. The summed E-state index contributed by atoms with van der Waals surface area (Å²) < 4.78 is 13.0. The Hall–Kier alpha value is -0.150. The van der Waals surface area contributed by atoms with Gasteiger partial charge in [-0.3, -0.25) is 0 Å². The number of alkyl halides is 1. The summed E-state index contributed by atoms with van der Waals surface area (Å²) in [4.78, 5) is 3.60. The number of aromatic nitrogens is 1. The summed E-state index contributed by atoms with van der Waals surface area (Å²) in [7, 11) is 0. The molecule has 0 saturated carbocycles. The van der Waals surface area contributed by atoms with Crippen LogP contribution in [0.1, 0.15) is 5.56 Å². The molecule has 0 spiro atoms. The van der Waals surface area contributed by atoms with Gasteiger partial charge in [0.2, 0.25) is 0 Å². The first-order valence-corrected chi connectivity index (χ1v) is 4.60. The molecular formula is C7H6BrClFN. The second-order valence-electron chi connectivity index (χ2n) is 2.01. The highest BCUT2D eigenvalue weighted by atomic mass is 79.9. The van der Waals surface area contributed by atoms with E-state index in [-0.39, 0.29) is 5.15 Å². The summed E-state index contributed by atoms with van der Waals surface area (Å²) in [5, 5.41) is 0.674. The van der Waals surface area contributed by atoms with Gasteiger partial charge in [0, 0.05) is 11.5 Å². The van der Waals surface area contributed by atoms with Crippen molar-refractivity contribution in [1.82, 2.24) is 4.98 Å². The van der Waals surface area contributed by atoms with E-state index in [2.05, 4.69) is 20.9 Å². The summed E-state index contributed by atoms with van der Waals surface area (Å²) in [6.07, 6.45) is 2.14. The Labute approximate surface area is 77.7 Å². The lowest BCUT2D eigenvalue weighted by Gasteiger charge is -1.99. The molecule has 0 aromatic carbocycles. The zero-order valence-corrected chi connectivity index (χ0v) is 7.99. The van der Waals surface area contributed by atoms with Gasteiger partial charge in [-0.05, 0) is 18.1 Å². The van der Waals surface area contributed by atoms with Crippen molar-refractivity contribution >= 4 is 27.5 Å². The molecule has 1 nitrogen and oxygen atoms in total. The number of pyridine rings is 1. The molecule has 0 aliphatic rings. The predicted octanol–water partition coefficient (Wildman–Crippen LogP) is 2.81. The van der Waals surface area contributed by atoms with Crippen molar-refractivity contribution in [1.29, 1.82) is 0 Å². The first-order valence-electron chi connectivity index (χ1n) is 3.10. The van der Waals surface area contributed by atoms with Crippen molar-refractivity contribution < 1.29 is 4.39 Å². The summed E-state index contributed by atoms with van der Waals surface area (Å²) in [5.41, 5.74) is 0.599. The molecule has 0 radical (unpaired) electrons. The summed E-state index contributed by atoms with van der Waals surface area (Å²) in [6.45, 7) is 0. The van der Waals surface area contributed by atoms with Crippen molar-refractivity contribution in [2.75, 3.05) is 5.33 Å². The minimum atomic E-state index is -0.409. The molecule has 1 heterocycles. The van der Waals surface area contributed by atoms with Crippen LogP contribution in [0.3, 0.4) is 0 Å². The second-order valence-corrected chi connectivity index (χ2v) is 3.16. The smallest absolute Gasteiger partial charge is 0.164 e. The molecule has 0 aliphatic heterocycles. The Morgan fingerprint density at radius 3 is 3.00 bits per heavy atom. The number of aryl methyl sites for hydroxylation is 1. The third-order valence-corrected chi connectivity index (χ3v) is 1.95. The third-order valence-electron chi connectivity index (χ3n) is 1.29. The molecular weight excluding hydrogens is 232 g/mol. The molecule has 0 atom stereocenters. The SMILES string of the molecule is Fc1c(CCBr)ccnc1Cl. The van der Waals surface area contributed by atoms with E-state index in [0.29, 0.717) is 12.0 Å². The minimum Gasteiger partial charge on any atom is -0.242 e. The van der Waals surface area contributed by atoms with Gasteiger partial charge in [0.1, 0.15) is 0 Å². The molecule has 0 unspecified atom stereocenters. The maximum atomic E-state index is 13.0. The van der Waals surface area contributed by atoms with Crippen LogP contribution in [0.25, 0.3) is 0 Å². The van der Waals surface area contributed by atoms with Crippen LogP contribution in [0, 0.1) is 5.82 Å². The highest BCUT2D eigenvalue weighted by Crippen LogP contribution is 2.15. The molecule has 0 amide bonds.